The topological polar surface area (TPSA) is 82.8 Å². The van der Waals surface area contributed by atoms with Gasteiger partial charge in [0.1, 0.15) is 17.2 Å². The Bertz CT molecular complexity index is 1140. The smallest absolute Gasteiger partial charge is 0.228 e. The number of H-pyrrole nitrogens is 2. The zero-order valence-electron chi connectivity index (χ0n) is 14.3. The number of rotatable bonds is 4. The third-order valence-electron chi connectivity index (χ3n) is 4.90. The van der Waals surface area contributed by atoms with E-state index in [2.05, 4.69) is 26.3 Å². The average Bonchev–Trinajstić information content (AvgIpc) is 3.27. The largest absolute Gasteiger partial charge is 0.496 e. The van der Waals surface area contributed by atoms with Gasteiger partial charge >= 0.3 is 0 Å². The SMILES string of the molecule is COc1cc2cc[nH]c2cc1-c1c[nH]c2nc(NC(=O)C3CC3)ccc12. The van der Waals surface area contributed by atoms with Crippen LogP contribution in [0.5, 0.6) is 5.75 Å². The van der Waals surface area contributed by atoms with Crippen molar-refractivity contribution in [2.45, 2.75) is 12.8 Å². The van der Waals surface area contributed by atoms with Gasteiger partial charge in [0.2, 0.25) is 5.91 Å². The number of carbonyl (C=O) groups excluding carboxylic acids is 1. The molecular weight excluding hydrogens is 328 g/mol. The molecule has 1 amide bonds. The number of fused-ring (bicyclic) bond motifs is 2. The molecule has 3 aromatic heterocycles. The van der Waals surface area contributed by atoms with E-state index in [1.807, 2.05) is 36.7 Å². The van der Waals surface area contributed by atoms with E-state index in [1.54, 1.807) is 7.11 Å². The second kappa shape index (κ2) is 5.62. The lowest BCUT2D eigenvalue weighted by Gasteiger charge is -2.09. The Kier molecular flexibility index (Phi) is 3.25. The van der Waals surface area contributed by atoms with Crippen LogP contribution < -0.4 is 10.1 Å². The van der Waals surface area contributed by atoms with Crippen molar-refractivity contribution in [2.24, 2.45) is 5.92 Å². The second-order valence-electron chi connectivity index (χ2n) is 6.68. The molecule has 130 valence electrons. The molecule has 0 bridgehead atoms. The van der Waals surface area contributed by atoms with Crippen molar-refractivity contribution in [1.29, 1.82) is 0 Å². The minimum atomic E-state index is 0.0579. The van der Waals surface area contributed by atoms with E-state index < -0.39 is 0 Å². The maximum absolute atomic E-state index is 11.9. The molecule has 3 heterocycles. The normalized spacial score (nSPS) is 14.0. The van der Waals surface area contributed by atoms with Crippen molar-refractivity contribution >= 4 is 33.7 Å². The van der Waals surface area contributed by atoms with Crippen LogP contribution in [0.15, 0.2) is 42.7 Å². The third-order valence-corrected chi connectivity index (χ3v) is 4.90. The highest BCUT2D eigenvalue weighted by atomic mass is 16.5. The Morgan fingerprint density at radius 1 is 1.19 bits per heavy atom. The molecule has 1 aliphatic carbocycles. The third kappa shape index (κ3) is 2.42. The first kappa shape index (κ1) is 15.0. The van der Waals surface area contributed by atoms with E-state index in [-0.39, 0.29) is 11.8 Å². The lowest BCUT2D eigenvalue weighted by molar-refractivity contribution is -0.117. The molecule has 4 aromatic rings. The van der Waals surface area contributed by atoms with Crippen molar-refractivity contribution in [1.82, 2.24) is 15.0 Å². The van der Waals surface area contributed by atoms with Gasteiger partial charge in [-0.2, -0.15) is 0 Å². The summed E-state index contributed by atoms with van der Waals surface area (Å²) in [5, 5.41) is 4.98. The maximum atomic E-state index is 11.9. The number of aromatic nitrogens is 3. The van der Waals surface area contributed by atoms with Gasteiger partial charge in [0, 0.05) is 45.7 Å². The maximum Gasteiger partial charge on any atom is 0.228 e. The number of hydrogen-bond acceptors (Lipinski definition) is 3. The number of methoxy groups -OCH3 is 1. The zero-order chi connectivity index (χ0) is 17.7. The molecule has 1 aromatic carbocycles. The number of benzene rings is 1. The van der Waals surface area contributed by atoms with E-state index in [0.29, 0.717) is 5.82 Å². The molecule has 6 nitrogen and oxygen atoms in total. The molecule has 0 unspecified atom stereocenters. The van der Waals surface area contributed by atoms with Crippen molar-refractivity contribution in [2.75, 3.05) is 12.4 Å². The Balaban J connectivity index is 1.58. The molecule has 0 saturated heterocycles. The summed E-state index contributed by atoms with van der Waals surface area (Å²) in [6.07, 6.45) is 5.79. The molecule has 6 heteroatoms. The lowest BCUT2D eigenvalue weighted by Crippen LogP contribution is -2.14. The number of pyridine rings is 1. The summed E-state index contributed by atoms with van der Waals surface area (Å²) < 4.78 is 5.60. The fourth-order valence-electron chi connectivity index (χ4n) is 3.33. The summed E-state index contributed by atoms with van der Waals surface area (Å²) in [5.41, 5.74) is 3.80. The van der Waals surface area contributed by atoms with Crippen LogP contribution in [0.1, 0.15) is 12.8 Å². The van der Waals surface area contributed by atoms with Crippen LogP contribution in [-0.2, 0) is 4.79 Å². The summed E-state index contributed by atoms with van der Waals surface area (Å²) in [4.78, 5) is 22.9. The Morgan fingerprint density at radius 3 is 2.88 bits per heavy atom. The highest BCUT2D eigenvalue weighted by Crippen LogP contribution is 2.37. The van der Waals surface area contributed by atoms with E-state index in [0.717, 1.165) is 51.7 Å². The fourth-order valence-corrected chi connectivity index (χ4v) is 3.33. The predicted octanol–water partition coefficient (Wildman–Crippen LogP) is 4.07. The summed E-state index contributed by atoms with van der Waals surface area (Å²) in [5.74, 6) is 1.60. The average molecular weight is 346 g/mol. The fraction of sp³-hybridized carbons (Fsp3) is 0.200. The van der Waals surface area contributed by atoms with Crippen molar-refractivity contribution in [3.63, 3.8) is 0 Å². The van der Waals surface area contributed by atoms with Crippen molar-refractivity contribution in [3.8, 4) is 16.9 Å². The Labute approximate surface area is 149 Å². The number of ether oxygens (including phenoxy) is 1. The van der Waals surface area contributed by atoms with Gasteiger partial charge in [0.05, 0.1) is 7.11 Å². The first-order chi connectivity index (χ1) is 12.7. The summed E-state index contributed by atoms with van der Waals surface area (Å²) >= 11 is 0. The van der Waals surface area contributed by atoms with Gasteiger partial charge in [0.15, 0.2) is 0 Å². The minimum absolute atomic E-state index is 0.0579. The molecule has 1 fully saturated rings. The van der Waals surface area contributed by atoms with Crippen LogP contribution in [-0.4, -0.2) is 28.0 Å². The van der Waals surface area contributed by atoms with Crippen LogP contribution in [0.3, 0.4) is 0 Å². The summed E-state index contributed by atoms with van der Waals surface area (Å²) in [7, 11) is 1.68. The molecule has 5 rings (SSSR count). The van der Waals surface area contributed by atoms with Crippen molar-refractivity contribution < 1.29 is 9.53 Å². The zero-order valence-corrected chi connectivity index (χ0v) is 14.3. The van der Waals surface area contributed by atoms with Gasteiger partial charge in [0.25, 0.3) is 0 Å². The van der Waals surface area contributed by atoms with Gasteiger partial charge < -0.3 is 20.0 Å². The number of carbonyl (C=O) groups is 1. The molecule has 3 N–H and O–H groups in total. The van der Waals surface area contributed by atoms with Crippen LogP contribution >= 0.6 is 0 Å². The Morgan fingerprint density at radius 2 is 2.08 bits per heavy atom. The number of aromatic amines is 2. The Hall–Kier alpha value is -3.28. The number of nitrogens with zero attached hydrogens (tertiary/aromatic N) is 1. The highest BCUT2D eigenvalue weighted by Gasteiger charge is 2.29. The van der Waals surface area contributed by atoms with Crippen LogP contribution in [0, 0.1) is 5.92 Å². The van der Waals surface area contributed by atoms with E-state index >= 15 is 0 Å². The van der Waals surface area contributed by atoms with Crippen LogP contribution in [0.2, 0.25) is 0 Å². The van der Waals surface area contributed by atoms with Gasteiger partial charge in [-0.25, -0.2) is 4.98 Å². The molecule has 1 saturated carbocycles. The van der Waals surface area contributed by atoms with Crippen LogP contribution in [0.4, 0.5) is 5.82 Å². The van der Waals surface area contributed by atoms with Gasteiger partial charge in [-0.3, -0.25) is 4.79 Å². The summed E-state index contributed by atoms with van der Waals surface area (Å²) in [6, 6.07) is 9.96. The highest BCUT2D eigenvalue weighted by molar-refractivity contribution is 6.00. The molecule has 26 heavy (non-hydrogen) atoms. The van der Waals surface area contributed by atoms with E-state index in [4.69, 9.17) is 4.74 Å². The van der Waals surface area contributed by atoms with Crippen molar-refractivity contribution in [3.05, 3.63) is 42.7 Å². The molecular formula is C20H18N4O2. The van der Waals surface area contributed by atoms with E-state index in [9.17, 15) is 4.79 Å². The number of nitrogens with one attached hydrogen (secondary N) is 3. The van der Waals surface area contributed by atoms with Gasteiger partial charge in [-0.15, -0.1) is 0 Å². The predicted molar refractivity (Wildman–Crippen MR) is 101 cm³/mol. The standard InChI is InChI=1S/C20H18N4O2/c1-26-17-8-12-6-7-21-16(12)9-14(17)15-10-22-19-13(15)4-5-18(23-19)24-20(25)11-2-3-11/h4-11,21H,2-3H2,1H3,(H2,22,23,24,25). The molecule has 0 aliphatic heterocycles. The van der Waals surface area contributed by atoms with Gasteiger partial charge in [-0.1, -0.05) is 0 Å². The monoisotopic (exact) mass is 346 g/mol. The number of hydrogen-bond donors (Lipinski definition) is 3. The number of amides is 1. The van der Waals surface area contributed by atoms with E-state index in [1.165, 1.54) is 0 Å². The quantitative estimate of drug-likeness (QED) is 0.521. The molecule has 0 atom stereocenters. The molecule has 1 aliphatic rings. The van der Waals surface area contributed by atoms with Gasteiger partial charge in [-0.05, 0) is 43.2 Å². The second-order valence-corrected chi connectivity index (χ2v) is 6.68. The first-order valence-corrected chi connectivity index (χ1v) is 8.67. The summed E-state index contributed by atoms with van der Waals surface area (Å²) in [6.45, 7) is 0. The van der Waals surface area contributed by atoms with Crippen LogP contribution in [0.25, 0.3) is 33.1 Å². The molecule has 0 spiro atoms. The minimum Gasteiger partial charge on any atom is -0.496 e. The lowest BCUT2D eigenvalue weighted by atomic mass is 10.0. The molecule has 0 radical (unpaired) electrons. The first-order valence-electron chi connectivity index (χ1n) is 8.67. The number of anilines is 1.